The van der Waals surface area contributed by atoms with E-state index in [1.54, 1.807) is 0 Å². The number of carbonyl (C=O) groups excluding carboxylic acids is 1. The van der Waals surface area contributed by atoms with E-state index >= 15 is 0 Å². The minimum atomic E-state index is -0.00353. The molecule has 0 saturated carbocycles. The smallest absolute Gasteiger partial charge is 0.260 e. The van der Waals surface area contributed by atoms with Crippen LogP contribution in [-0.4, -0.2) is 53.8 Å². The van der Waals surface area contributed by atoms with Gasteiger partial charge in [0.25, 0.3) is 5.91 Å². The first-order chi connectivity index (χ1) is 16.3. The van der Waals surface area contributed by atoms with Gasteiger partial charge >= 0.3 is 0 Å². The molecule has 7 nitrogen and oxygen atoms in total. The first-order valence-corrected chi connectivity index (χ1v) is 11.0. The maximum atomic E-state index is 12.6. The highest BCUT2D eigenvalue weighted by atomic mass is 16.5. The number of amides is 1. The molecular formula is C26H24N4O3. The Balaban J connectivity index is 1.13. The monoisotopic (exact) mass is 440 g/mol. The van der Waals surface area contributed by atoms with E-state index in [4.69, 9.17) is 9.15 Å². The van der Waals surface area contributed by atoms with Gasteiger partial charge in [0, 0.05) is 43.0 Å². The summed E-state index contributed by atoms with van der Waals surface area (Å²) in [5.41, 5.74) is 2.86. The summed E-state index contributed by atoms with van der Waals surface area (Å²) < 4.78 is 11.5. The fraction of sp³-hybridized carbons (Fsp3) is 0.192. The lowest BCUT2D eigenvalue weighted by Crippen LogP contribution is -2.50. The van der Waals surface area contributed by atoms with E-state index in [0.717, 1.165) is 24.2 Å². The molecule has 0 N–H and O–H groups in total. The Morgan fingerprint density at radius 1 is 0.758 bits per heavy atom. The van der Waals surface area contributed by atoms with Crippen LogP contribution in [0.4, 0.5) is 5.69 Å². The zero-order valence-corrected chi connectivity index (χ0v) is 18.1. The molecule has 3 aromatic carbocycles. The van der Waals surface area contributed by atoms with E-state index in [2.05, 4.69) is 27.2 Å². The first-order valence-electron chi connectivity index (χ1n) is 11.0. The molecule has 0 atom stereocenters. The molecular weight excluding hydrogens is 416 g/mol. The minimum Gasteiger partial charge on any atom is -0.484 e. The second kappa shape index (κ2) is 9.56. The third kappa shape index (κ3) is 4.87. The van der Waals surface area contributed by atoms with Gasteiger partial charge in [0.1, 0.15) is 5.75 Å². The number of hydrogen-bond acceptors (Lipinski definition) is 6. The van der Waals surface area contributed by atoms with Crippen LogP contribution in [0.25, 0.3) is 22.9 Å². The van der Waals surface area contributed by atoms with Gasteiger partial charge in [0.05, 0.1) is 0 Å². The van der Waals surface area contributed by atoms with Gasteiger partial charge in [-0.05, 0) is 48.5 Å². The molecule has 4 aromatic rings. The fourth-order valence-electron chi connectivity index (χ4n) is 3.82. The maximum Gasteiger partial charge on any atom is 0.260 e. The van der Waals surface area contributed by atoms with Gasteiger partial charge < -0.3 is 19.0 Å². The summed E-state index contributed by atoms with van der Waals surface area (Å²) in [6.07, 6.45) is 0. The third-order valence-corrected chi connectivity index (χ3v) is 5.66. The normalized spacial score (nSPS) is 13.7. The molecule has 33 heavy (non-hydrogen) atoms. The summed E-state index contributed by atoms with van der Waals surface area (Å²) in [6.45, 7) is 3.04. The van der Waals surface area contributed by atoms with E-state index < -0.39 is 0 Å². The Labute approximate surface area is 192 Å². The van der Waals surface area contributed by atoms with E-state index in [0.29, 0.717) is 30.6 Å². The number of para-hydroxylation sites is 1. The van der Waals surface area contributed by atoms with Crippen molar-refractivity contribution >= 4 is 11.6 Å². The summed E-state index contributed by atoms with van der Waals surface area (Å²) in [4.78, 5) is 16.7. The summed E-state index contributed by atoms with van der Waals surface area (Å²) in [5, 5.41) is 8.25. The van der Waals surface area contributed by atoms with Crippen LogP contribution in [0.15, 0.2) is 89.3 Å². The Morgan fingerprint density at radius 2 is 1.33 bits per heavy atom. The summed E-state index contributed by atoms with van der Waals surface area (Å²) in [7, 11) is 0. The Morgan fingerprint density at radius 3 is 1.97 bits per heavy atom. The molecule has 0 unspecified atom stereocenters. The van der Waals surface area contributed by atoms with Crippen LogP contribution in [0.3, 0.4) is 0 Å². The van der Waals surface area contributed by atoms with Crippen molar-refractivity contribution in [1.29, 1.82) is 0 Å². The number of benzene rings is 3. The van der Waals surface area contributed by atoms with Crippen molar-refractivity contribution in [2.45, 2.75) is 0 Å². The van der Waals surface area contributed by atoms with Crippen LogP contribution < -0.4 is 9.64 Å². The molecule has 166 valence electrons. The van der Waals surface area contributed by atoms with Gasteiger partial charge in [-0.3, -0.25) is 4.79 Å². The van der Waals surface area contributed by atoms with Gasteiger partial charge in [0.2, 0.25) is 11.8 Å². The van der Waals surface area contributed by atoms with Crippen molar-refractivity contribution in [3.8, 4) is 28.7 Å². The van der Waals surface area contributed by atoms with Crippen molar-refractivity contribution in [3.63, 3.8) is 0 Å². The van der Waals surface area contributed by atoms with E-state index in [9.17, 15) is 4.79 Å². The molecule has 0 radical (unpaired) electrons. The summed E-state index contributed by atoms with van der Waals surface area (Å²) in [6, 6.07) is 27.2. The lowest BCUT2D eigenvalue weighted by atomic mass is 10.2. The first kappa shape index (κ1) is 20.8. The van der Waals surface area contributed by atoms with Crippen molar-refractivity contribution < 1.29 is 13.9 Å². The van der Waals surface area contributed by atoms with E-state index in [1.165, 1.54) is 5.69 Å². The van der Waals surface area contributed by atoms with Crippen LogP contribution in [0.2, 0.25) is 0 Å². The molecule has 1 fully saturated rings. The van der Waals surface area contributed by atoms with Crippen molar-refractivity contribution in [1.82, 2.24) is 15.1 Å². The summed E-state index contributed by atoms with van der Waals surface area (Å²) in [5.74, 6) is 1.53. The van der Waals surface area contributed by atoms with Gasteiger partial charge in [-0.1, -0.05) is 36.4 Å². The molecule has 0 spiro atoms. The molecule has 1 aliphatic heterocycles. The van der Waals surface area contributed by atoms with Crippen LogP contribution in [-0.2, 0) is 4.79 Å². The summed E-state index contributed by atoms with van der Waals surface area (Å²) >= 11 is 0. The quantitative estimate of drug-likeness (QED) is 0.449. The highest BCUT2D eigenvalue weighted by molar-refractivity contribution is 5.78. The predicted molar refractivity (Wildman–Crippen MR) is 126 cm³/mol. The number of anilines is 1. The van der Waals surface area contributed by atoms with Gasteiger partial charge in [0.15, 0.2) is 6.61 Å². The number of hydrogen-bond donors (Lipinski definition) is 0. The highest BCUT2D eigenvalue weighted by Gasteiger charge is 2.21. The number of piperazine rings is 1. The Bertz CT molecular complexity index is 1190. The molecule has 1 aromatic heterocycles. The zero-order chi connectivity index (χ0) is 22.5. The number of rotatable bonds is 6. The standard InChI is InChI=1S/C26H24N4O3/c31-24(30-17-15-29(16-18-30)22-9-5-2-6-10-22)19-32-23-13-11-21(12-14-23)26-28-27-25(33-26)20-7-3-1-4-8-20/h1-14H,15-19H2. The molecule has 1 aliphatic rings. The number of carbonyl (C=O) groups is 1. The molecule has 0 aliphatic carbocycles. The predicted octanol–water partition coefficient (Wildman–Crippen LogP) is 4.13. The van der Waals surface area contributed by atoms with Crippen LogP contribution >= 0.6 is 0 Å². The largest absolute Gasteiger partial charge is 0.484 e. The van der Waals surface area contributed by atoms with Crippen LogP contribution in [0, 0.1) is 0 Å². The van der Waals surface area contributed by atoms with Crippen molar-refractivity contribution in [3.05, 3.63) is 84.9 Å². The average molecular weight is 441 g/mol. The van der Waals surface area contributed by atoms with Crippen molar-refractivity contribution in [2.24, 2.45) is 0 Å². The molecule has 7 heteroatoms. The maximum absolute atomic E-state index is 12.6. The highest BCUT2D eigenvalue weighted by Crippen LogP contribution is 2.25. The van der Waals surface area contributed by atoms with Crippen molar-refractivity contribution in [2.75, 3.05) is 37.7 Å². The fourth-order valence-corrected chi connectivity index (χ4v) is 3.82. The minimum absolute atomic E-state index is 0.00353. The van der Waals surface area contributed by atoms with Gasteiger partial charge in [-0.15, -0.1) is 10.2 Å². The SMILES string of the molecule is O=C(COc1ccc(-c2nnc(-c3ccccc3)o2)cc1)N1CCN(c2ccccc2)CC1. The zero-order valence-electron chi connectivity index (χ0n) is 18.1. The third-order valence-electron chi connectivity index (χ3n) is 5.66. The second-order valence-corrected chi connectivity index (χ2v) is 7.79. The van der Waals surface area contributed by atoms with Gasteiger partial charge in [-0.2, -0.15) is 0 Å². The molecule has 1 amide bonds. The topological polar surface area (TPSA) is 71.7 Å². The lowest BCUT2D eigenvalue weighted by Gasteiger charge is -2.36. The Kier molecular flexibility index (Phi) is 6.01. The number of nitrogens with zero attached hydrogens (tertiary/aromatic N) is 4. The van der Waals surface area contributed by atoms with Crippen LogP contribution in [0.5, 0.6) is 5.75 Å². The second-order valence-electron chi connectivity index (χ2n) is 7.79. The lowest BCUT2D eigenvalue weighted by molar-refractivity contribution is -0.133. The number of aromatic nitrogens is 2. The van der Waals surface area contributed by atoms with Gasteiger partial charge in [-0.25, -0.2) is 0 Å². The van der Waals surface area contributed by atoms with E-state index in [1.807, 2.05) is 77.7 Å². The molecule has 2 heterocycles. The Hall–Kier alpha value is -4.13. The number of ether oxygens (including phenoxy) is 1. The van der Waals surface area contributed by atoms with E-state index in [-0.39, 0.29) is 12.5 Å². The molecule has 5 rings (SSSR count). The van der Waals surface area contributed by atoms with Crippen LogP contribution in [0.1, 0.15) is 0 Å². The molecule has 1 saturated heterocycles. The molecule has 0 bridgehead atoms. The average Bonchev–Trinajstić information content (AvgIpc) is 3.39.